The zero-order valence-corrected chi connectivity index (χ0v) is 16.7. The summed E-state index contributed by atoms with van der Waals surface area (Å²) < 4.78 is 13.1. The van der Waals surface area contributed by atoms with Gasteiger partial charge in [0.2, 0.25) is 5.91 Å². The molecule has 1 unspecified atom stereocenters. The highest BCUT2D eigenvalue weighted by Gasteiger charge is 2.50. The minimum atomic E-state index is -0.355. The van der Waals surface area contributed by atoms with Crippen LogP contribution < -0.4 is 5.32 Å². The summed E-state index contributed by atoms with van der Waals surface area (Å²) in [5.74, 6) is 0.551. The predicted molar refractivity (Wildman–Crippen MR) is 113 cm³/mol. The van der Waals surface area contributed by atoms with Crippen LogP contribution in [-0.2, 0) is 10.2 Å². The number of anilines is 1. The topological polar surface area (TPSA) is 35.6 Å². The second-order valence-electron chi connectivity index (χ2n) is 8.78. The molecule has 3 aliphatic rings. The molecule has 0 aromatic heterocycles. The van der Waals surface area contributed by atoms with Crippen molar-refractivity contribution in [1.29, 1.82) is 0 Å². The smallest absolute Gasteiger partial charge is 0.236 e. The molecule has 152 valence electrons. The number of hydrogen-bond acceptors (Lipinski definition) is 3. The van der Waals surface area contributed by atoms with Crippen LogP contribution in [0.4, 0.5) is 10.1 Å². The van der Waals surface area contributed by atoms with Gasteiger partial charge in [-0.25, -0.2) is 4.39 Å². The molecule has 0 bridgehead atoms. The van der Waals surface area contributed by atoms with Crippen molar-refractivity contribution in [3.05, 3.63) is 65.5 Å². The Labute approximate surface area is 171 Å². The summed E-state index contributed by atoms with van der Waals surface area (Å²) in [5, 5.41) is 3.08. The van der Waals surface area contributed by atoms with Crippen molar-refractivity contribution >= 4 is 11.6 Å². The second kappa shape index (κ2) is 7.54. The molecule has 1 amide bonds. The molecule has 3 heterocycles. The first-order valence-electron chi connectivity index (χ1n) is 10.8. The molecule has 5 rings (SSSR count). The van der Waals surface area contributed by atoms with Crippen molar-refractivity contribution in [1.82, 2.24) is 9.80 Å². The highest BCUT2D eigenvalue weighted by atomic mass is 19.1. The van der Waals surface area contributed by atoms with Crippen molar-refractivity contribution in [3.8, 4) is 0 Å². The van der Waals surface area contributed by atoms with E-state index in [1.54, 1.807) is 12.1 Å². The van der Waals surface area contributed by atoms with Crippen molar-refractivity contribution in [3.63, 3.8) is 0 Å². The Hall–Kier alpha value is -2.24. The third-order valence-corrected chi connectivity index (χ3v) is 7.14. The molecule has 29 heavy (non-hydrogen) atoms. The molecule has 1 spiro atoms. The lowest BCUT2D eigenvalue weighted by Gasteiger charge is -2.33. The monoisotopic (exact) mass is 393 g/mol. The van der Waals surface area contributed by atoms with Gasteiger partial charge in [-0.1, -0.05) is 30.3 Å². The van der Waals surface area contributed by atoms with Gasteiger partial charge >= 0.3 is 0 Å². The number of benzene rings is 2. The minimum Gasteiger partial charge on any atom is -0.325 e. The Morgan fingerprint density at radius 3 is 2.48 bits per heavy atom. The molecule has 3 aliphatic heterocycles. The third-order valence-electron chi connectivity index (χ3n) is 7.14. The predicted octanol–water partition coefficient (Wildman–Crippen LogP) is 3.60. The maximum atomic E-state index is 13.1. The fourth-order valence-corrected chi connectivity index (χ4v) is 5.37. The lowest BCUT2D eigenvalue weighted by molar-refractivity contribution is -0.120. The van der Waals surface area contributed by atoms with Gasteiger partial charge in [0.05, 0.1) is 5.41 Å². The Morgan fingerprint density at radius 1 is 0.966 bits per heavy atom. The van der Waals surface area contributed by atoms with Crippen molar-refractivity contribution < 1.29 is 9.18 Å². The number of nitrogens with one attached hydrogen (secondary N) is 1. The summed E-state index contributed by atoms with van der Waals surface area (Å²) in [6.07, 6.45) is 3.17. The number of piperidine rings is 1. The number of amides is 1. The molecule has 2 aromatic carbocycles. The number of carbonyl (C=O) groups is 1. The number of carbonyl (C=O) groups excluding carboxylic acids is 1. The van der Waals surface area contributed by atoms with Crippen LogP contribution in [0.15, 0.2) is 48.5 Å². The average molecular weight is 394 g/mol. The summed E-state index contributed by atoms with van der Waals surface area (Å²) in [4.78, 5) is 17.7. The van der Waals surface area contributed by atoms with Crippen LogP contribution >= 0.6 is 0 Å². The van der Waals surface area contributed by atoms with Crippen molar-refractivity contribution in [2.45, 2.75) is 30.6 Å². The van der Waals surface area contributed by atoms with Crippen LogP contribution in [0.5, 0.6) is 0 Å². The van der Waals surface area contributed by atoms with Crippen LogP contribution in [0.3, 0.4) is 0 Å². The van der Waals surface area contributed by atoms with Gasteiger partial charge in [-0.3, -0.25) is 4.79 Å². The van der Waals surface area contributed by atoms with E-state index in [0.717, 1.165) is 64.2 Å². The summed E-state index contributed by atoms with van der Waals surface area (Å²) in [6.45, 7) is 6.04. The highest BCUT2D eigenvalue weighted by molar-refractivity contribution is 6.06. The Kier molecular flexibility index (Phi) is 4.88. The fraction of sp³-hybridized carbons (Fsp3) is 0.458. The van der Waals surface area contributed by atoms with E-state index in [2.05, 4.69) is 21.2 Å². The number of fused-ring (bicyclic) bond motifs is 2. The van der Waals surface area contributed by atoms with E-state index in [1.165, 1.54) is 11.1 Å². The first-order chi connectivity index (χ1) is 14.1. The number of nitrogens with zero attached hydrogens (tertiary/aromatic N) is 2. The molecule has 0 aliphatic carbocycles. The van der Waals surface area contributed by atoms with Gasteiger partial charge in [0.15, 0.2) is 0 Å². The van der Waals surface area contributed by atoms with Gasteiger partial charge in [-0.05, 0) is 74.1 Å². The second-order valence-corrected chi connectivity index (χ2v) is 8.78. The van der Waals surface area contributed by atoms with Gasteiger partial charge in [0, 0.05) is 25.3 Å². The molecule has 1 N–H and O–H groups in total. The van der Waals surface area contributed by atoms with Crippen LogP contribution in [0.2, 0.25) is 0 Å². The molecule has 1 atom stereocenters. The molecular formula is C24H28FN3O. The van der Waals surface area contributed by atoms with Gasteiger partial charge < -0.3 is 15.1 Å². The van der Waals surface area contributed by atoms with E-state index < -0.39 is 0 Å². The zero-order chi connectivity index (χ0) is 19.8. The average Bonchev–Trinajstić information content (AvgIpc) is 3.30. The summed E-state index contributed by atoms with van der Waals surface area (Å²) in [6, 6.07) is 15.2. The third kappa shape index (κ3) is 3.47. The lowest BCUT2D eigenvalue weighted by Crippen LogP contribution is -2.41. The van der Waals surface area contributed by atoms with E-state index in [-0.39, 0.29) is 17.1 Å². The lowest BCUT2D eigenvalue weighted by atomic mass is 9.81. The Morgan fingerprint density at radius 2 is 1.69 bits per heavy atom. The SMILES string of the molecule is O=C1Nc2ccccc2C12CCN(CCN1CCC(c3ccc(F)cc3)CC1)C2. The molecule has 2 fully saturated rings. The van der Waals surface area contributed by atoms with E-state index in [1.807, 2.05) is 30.3 Å². The molecule has 0 saturated carbocycles. The fourth-order valence-electron chi connectivity index (χ4n) is 5.37. The Balaban J connectivity index is 1.14. The van der Waals surface area contributed by atoms with Crippen LogP contribution in [-0.4, -0.2) is 55.0 Å². The first-order valence-corrected chi connectivity index (χ1v) is 10.8. The van der Waals surface area contributed by atoms with E-state index in [0.29, 0.717) is 5.92 Å². The number of hydrogen-bond donors (Lipinski definition) is 1. The van der Waals surface area contributed by atoms with E-state index in [9.17, 15) is 9.18 Å². The normalized spacial score (nSPS) is 25.5. The van der Waals surface area contributed by atoms with Crippen LogP contribution in [0.1, 0.15) is 36.3 Å². The van der Waals surface area contributed by atoms with E-state index >= 15 is 0 Å². The standard InChI is InChI=1S/C24H28FN3O/c25-20-7-5-18(6-8-20)19-9-12-27(13-10-19)15-16-28-14-11-24(17-28)21-3-1-2-4-22(21)26-23(24)29/h1-8,19H,9-17H2,(H,26,29). The largest absolute Gasteiger partial charge is 0.325 e. The van der Waals surface area contributed by atoms with Gasteiger partial charge in [-0.15, -0.1) is 0 Å². The van der Waals surface area contributed by atoms with Crippen molar-refractivity contribution in [2.24, 2.45) is 0 Å². The molecule has 4 nitrogen and oxygen atoms in total. The quantitative estimate of drug-likeness (QED) is 0.862. The number of halogens is 1. The minimum absolute atomic E-state index is 0.159. The maximum Gasteiger partial charge on any atom is 0.236 e. The maximum absolute atomic E-state index is 13.1. The Bertz CT molecular complexity index is 891. The summed E-state index contributed by atoms with van der Waals surface area (Å²) >= 11 is 0. The molecule has 0 radical (unpaired) electrons. The summed E-state index contributed by atoms with van der Waals surface area (Å²) in [5.41, 5.74) is 3.07. The highest BCUT2D eigenvalue weighted by Crippen LogP contribution is 2.43. The molecule has 5 heteroatoms. The zero-order valence-electron chi connectivity index (χ0n) is 16.7. The number of likely N-dealkylation sites (tertiary alicyclic amines) is 2. The van der Waals surface area contributed by atoms with Gasteiger partial charge in [-0.2, -0.15) is 0 Å². The van der Waals surface area contributed by atoms with Gasteiger partial charge in [0.25, 0.3) is 0 Å². The van der Waals surface area contributed by atoms with Gasteiger partial charge in [0.1, 0.15) is 5.82 Å². The van der Waals surface area contributed by atoms with Crippen LogP contribution in [0, 0.1) is 5.82 Å². The molecule has 2 saturated heterocycles. The van der Waals surface area contributed by atoms with E-state index in [4.69, 9.17) is 0 Å². The van der Waals surface area contributed by atoms with Crippen LogP contribution in [0.25, 0.3) is 0 Å². The molecular weight excluding hydrogens is 365 g/mol. The number of para-hydroxylation sites is 1. The first kappa shape index (κ1) is 18.8. The number of rotatable bonds is 4. The molecule has 2 aromatic rings. The van der Waals surface area contributed by atoms with Crippen molar-refractivity contribution in [2.75, 3.05) is 44.6 Å². The summed E-state index contributed by atoms with van der Waals surface area (Å²) in [7, 11) is 0.